The minimum atomic E-state index is 1.05. The Morgan fingerprint density at radius 2 is 2.67 bits per heavy atom. The lowest BCUT2D eigenvalue weighted by Gasteiger charge is -2.07. The summed E-state index contributed by atoms with van der Waals surface area (Å²) in [7, 11) is 1.76. The molecule has 0 amide bonds. The maximum absolute atomic E-state index is 3.70. The Kier molecular flexibility index (Phi) is 3.08. The maximum Gasteiger partial charge on any atom is 0.0348 e. The first-order chi connectivity index (χ1) is 4.36. The molecule has 1 nitrogen and oxygen atoms in total. The van der Waals surface area contributed by atoms with Crippen LogP contribution in [0.25, 0.3) is 0 Å². The highest BCUT2D eigenvalue weighted by Gasteiger charge is 2.09. The van der Waals surface area contributed by atoms with E-state index in [9.17, 15) is 0 Å². The minimum Gasteiger partial charge on any atom is -0.233 e. The van der Waals surface area contributed by atoms with E-state index < -0.39 is 0 Å². The zero-order chi connectivity index (χ0) is 6.69. The lowest BCUT2D eigenvalue weighted by atomic mass is 10.3. The van der Waals surface area contributed by atoms with Gasteiger partial charge in [0.25, 0.3) is 0 Å². The predicted molar refractivity (Wildman–Crippen MR) is 51.5 cm³/mol. The molecule has 50 valence electrons. The van der Waals surface area contributed by atoms with E-state index in [1.807, 2.05) is 6.08 Å². The Labute approximate surface area is 71.9 Å². The molecular weight excluding hydrogens is 245 g/mol. The van der Waals surface area contributed by atoms with Gasteiger partial charge in [0, 0.05) is 34.3 Å². The summed E-state index contributed by atoms with van der Waals surface area (Å²) in [4.78, 5) is 0. The average Bonchev–Trinajstić information content (AvgIpc) is 2.34. The highest BCUT2D eigenvalue weighted by Crippen LogP contribution is 2.23. The molecule has 0 aliphatic carbocycles. The van der Waals surface area contributed by atoms with Crippen LogP contribution in [0.1, 0.15) is 0 Å². The second kappa shape index (κ2) is 3.63. The number of rotatable bonds is 2. The summed E-state index contributed by atoms with van der Waals surface area (Å²) < 4.78 is 2.28. The summed E-state index contributed by atoms with van der Waals surface area (Å²) in [6.07, 6.45) is 4.13. The van der Waals surface area contributed by atoms with E-state index in [-0.39, 0.29) is 0 Å². The molecule has 0 radical (unpaired) electrons. The summed E-state index contributed by atoms with van der Waals surface area (Å²) in [5.41, 5.74) is 1.35. The second-order valence-electron chi connectivity index (χ2n) is 1.87. The summed E-state index contributed by atoms with van der Waals surface area (Å²) in [5, 5.41) is 0. The fraction of sp³-hybridized carbons (Fsp3) is 0.333. The molecule has 0 aromatic carbocycles. The van der Waals surface area contributed by atoms with Crippen molar-refractivity contribution in [2.24, 2.45) is 0 Å². The van der Waals surface area contributed by atoms with E-state index in [1.54, 1.807) is 9.12 Å². The van der Waals surface area contributed by atoms with Crippen molar-refractivity contribution in [1.82, 2.24) is 4.31 Å². The van der Waals surface area contributed by atoms with Gasteiger partial charge in [-0.05, 0) is 14.7 Å². The number of halogens is 1. The third kappa shape index (κ3) is 1.98. The van der Waals surface area contributed by atoms with E-state index in [2.05, 4.69) is 38.2 Å². The fourth-order valence-corrected chi connectivity index (χ4v) is 1.98. The Balaban J connectivity index is 2.39. The molecule has 0 bridgehead atoms. The van der Waals surface area contributed by atoms with Crippen molar-refractivity contribution in [2.75, 3.05) is 13.1 Å². The molecule has 0 unspecified atom stereocenters. The van der Waals surface area contributed by atoms with E-state index in [0.717, 1.165) is 13.1 Å². The molecule has 9 heavy (non-hydrogen) atoms. The topological polar surface area (TPSA) is 3.24 Å². The van der Waals surface area contributed by atoms with Gasteiger partial charge in [0.15, 0.2) is 0 Å². The van der Waals surface area contributed by atoms with Crippen LogP contribution >= 0.6 is 30.3 Å². The quantitative estimate of drug-likeness (QED) is 0.549. The molecule has 0 atom stereocenters. The van der Waals surface area contributed by atoms with Crippen molar-refractivity contribution >= 4 is 30.3 Å². The Morgan fingerprint density at radius 3 is 3.00 bits per heavy atom. The van der Waals surface area contributed by atoms with Gasteiger partial charge < -0.3 is 0 Å². The molecule has 1 aliphatic rings. The first kappa shape index (κ1) is 7.63. The van der Waals surface area contributed by atoms with E-state index in [1.165, 1.54) is 5.57 Å². The highest BCUT2D eigenvalue weighted by molar-refractivity contribution is 14.2. The molecule has 0 aromatic rings. The van der Waals surface area contributed by atoms with Gasteiger partial charge in [0.2, 0.25) is 0 Å². The largest absolute Gasteiger partial charge is 0.233 e. The van der Waals surface area contributed by atoms with Crippen molar-refractivity contribution in [1.29, 1.82) is 0 Å². The molecule has 0 fully saturated rings. The van der Waals surface area contributed by atoms with E-state index in [4.69, 9.17) is 0 Å². The zero-order valence-corrected chi connectivity index (χ0v) is 7.98. The SMILES string of the molecule is C=CC1=CCN(SI)C1. The average molecular weight is 253 g/mol. The lowest BCUT2D eigenvalue weighted by molar-refractivity contribution is 0.612. The Bertz CT molecular complexity index is 144. The molecule has 3 heteroatoms. The lowest BCUT2D eigenvalue weighted by Crippen LogP contribution is -2.08. The van der Waals surface area contributed by atoms with E-state index in [0.29, 0.717) is 0 Å². The second-order valence-corrected chi connectivity index (χ2v) is 3.71. The Hall–Kier alpha value is 0.520. The molecule has 1 rings (SSSR count). The maximum atomic E-state index is 3.70. The van der Waals surface area contributed by atoms with Crippen LogP contribution in [0.2, 0.25) is 0 Å². The van der Waals surface area contributed by atoms with Gasteiger partial charge in [-0.3, -0.25) is 0 Å². The predicted octanol–water partition coefficient (Wildman–Crippen LogP) is 2.41. The summed E-state index contributed by atoms with van der Waals surface area (Å²) in [6, 6.07) is 0. The minimum absolute atomic E-state index is 1.05. The standard InChI is InChI=1S/C6H8INS/c1-2-6-3-4-8(5-6)9-7/h2-3H,1,4-5H2. The Morgan fingerprint density at radius 1 is 1.89 bits per heavy atom. The van der Waals surface area contributed by atoms with Gasteiger partial charge in [-0.2, -0.15) is 0 Å². The van der Waals surface area contributed by atoms with Gasteiger partial charge >= 0.3 is 0 Å². The van der Waals surface area contributed by atoms with Gasteiger partial charge in [0.05, 0.1) is 0 Å². The molecule has 0 saturated heterocycles. The van der Waals surface area contributed by atoms with Crippen molar-refractivity contribution in [3.8, 4) is 0 Å². The van der Waals surface area contributed by atoms with Crippen LogP contribution in [0.3, 0.4) is 0 Å². The normalized spacial score (nSPS) is 19.9. The fourth-order valence-electron chi connectivity index (χ4n) is 0.752. The van der Waals surface area contributed by atoms with Gasteiger partial charge in [-0.1, -0.05) is 18.7 Å². The summed E-state index contributed by atoms with van der Waals surface area (Å²) in [5.74, 6) is 0. The summed E-state index contributed by atoms with van der Waals surface area (Å²) in [6.45, 7) is 5.82. The third-order valence-corrected chi connectivity index (χ3v) is 3.42. The van der Waals surface area contributed by atoms with Gasteiger partial charge in [0.1, 0.15) is 0 Å². The van der Waals surface area contributed by atoms with E-state index >= 15 is 0 Å². The third-order valence-electron chi connectivity index (χ3n) is 1.28. The van der Waals surface area contributed by atoms with Crippen LogP contribution < -0.4 is 0 Å². The van der Waals surface area contributed by atoms with Crippen molar-refractivity contribution in [3.63, 3.8) is 0 Å². The molecule has 0 aromatic heterocycles. The van der Waals surface area contributed by atoms with Crippen molar-refractivity contribution < 1.29 is 0 Å². The van der Waals surface area contributed by atoms with Crippen LogP contribution in [-0.4, -0.2) is 17.4 Å². The smallest absolute Gasteiger partial charge is 0.0348 e. The molecule has 1 heterocycles. The van der Waals surface area contributed by atoms with Crippen LogP contribution in [0.4, 0.5) is 0 Å². The monoisotopic (exact) mass is 253 g/mol. The van der Waals surface area contributed by atoms with Crippen molar-refractivity contribution in [2.45, 2.75) is 0 Å². The van der Waals surface area contributed by atoms with Gasteiger partial charge in [-0.15, -0.1) is 0 Å². The highest BCUT2D eigenvalue weighted by atomic mass is 127. The van der Waals surface area contributed by atoms with Crippen molar-refractivity contribution in [3.05, 3.63) is 24.3 Å². The molecule has 0 spiro atoms. The molecule has 1 aliphatic heterocycles. The van der Waals surface area contributed by atoms with Gasteiger partial charge in [-0.25, -0.2) is 4.31 Å². The number of nitrogens with zero attached hydrogens (tertiary/aromatic N) is 1. The van der Waals surface area contributed by atoms with Crippen LogP contribution in [0, 0.1) is 0 Å². The number of hydrogen-bond acceptors (Lipinski definition) is 2. The first-order valence-corrected chi connectivity index (χ1v) is 6.03. The van der Waals surface area contributed by atoms with Crippen LogP contribution in [0.5, 0.6) is 0 Å². The molecular formula is C6H8INS. The summed E-state index contributed by atoms with van der Waals surface area (Å²) >= 11 is 2.29. The van der Waals surface area contributed by atoms with Crippen LogP contribution in [-0.2, 0) is 0 Å². The number of hydrogen-bond donors (Lipinski definition) is 0. The van der Waals surface area contributed by atoms with Crippen LogP contribution in [0.15, 0.2) is 24.3 Å². The zero-order valence-electron chi connectivity index (χ0n) is 5.01. The molecule has 0 saturated carbocycles. The molecule has 0 N–H and O–H groups in total. The first-order valence-electron chi connectivity index (χ1n) is 2.72.